The quantitative estimate of drug-likeness (QED) is 0.857. The van der Waals surface area contributed by atoms with Crippen LogP contribution in [-0.4, -0.2) is 0 Å². The Morgan fingerprint density at radius 3 is 2.31 bits per heavy atom. The molecule has 0 saturated carbocycles. The molecule has 1 nitrogen and oxygen atoms in total. The standard InChI is InChI=1S/C13H11Cl2N/c14-10-6-7-12(15)11(8-10)13(16)9-4-2-1-3-5-9/h1-8,13H,16H2/t13-/m1/s1. The van der Waals surface area contributed by atoms with E-state index >= 15 is 0 Å². The van der Waals surface area contributed by atoms with Gasteiger partial charge in [0, 0.05) is 10.0 Å². The highest BCUT2D eigenvalue weighted by Crippen LogP contribution is 2.28. The summed E-state index contributed by atoms with van der Waals surface area (Å²) in [4.78, 5) is 0. The Balaban J connectivity index is 2.41. The molecule has 0 aliphatic carbocycles. The predicted octanol–water partition coefficient (Wildman–Crippen LogP) is 4.04. The van der Waals surface area contributed by atoms with Crippen LogP contribution in [0.5, 0.6) is 0 Å². The van der Waals surface area contributed by atoms with Gasteiger partial charge in [-0.1, -0.05) is 53.5 Å². The summed E-state index contributed by atoms with van der Waals surface area (Å²) < 4.78 is 0. The fourth-order valence-corrected chi connectivity index (χ4v) is 2.01. The molecule has 2 aromatic carbocycles. The Labute approximate surface area is 105 Å². The molecule has 0 fully saturated rings. The van der Waals surface area contributed by atoms with Crippen LogP contribution in [0.25, 0.3) is 0 Å². The molecule has 0 aliphatic heterocycles. The molecule has 0 aromatic heterocycles. The van der Waals surface area contributed by atoms with Crippen molar-refractivity contribution < 1.29 is 0 Å². The summed E-state index contributed by atoms with van der Waals surface area (Å²) in [5.74, 6) is 0. The summed E-state index contributed by atoms with van der Waals surface area (Å²) in [5.41, 5.74) is 8.01. The number of hydrogen-bond acceptors (Lipinski definition) is 1. The van der Waals surface area contributed by atoms with Crippen LogP contribution in [0.2, 0.25) is 10.0 Å². The molecule has 0 unspecified atom stereocenters. The van der Waals surface area contributed by atoms with Gasteiger partial charge < -0.3 is 5.73 Å². The molecule has 0 heterocycles. The van der Waals surface area contributed by atoms with Gasteiger partial charge in [-0.2, -0.15) is 0 Å². The van der Waals surface area contributed by atoms with Gasteiger partial charge >= 0.3 is 0 Å². The first-order chi connectivity index (χ1) is 7.68. The third kappa shape index (κ3) is 2.38. The monoisotopic (exact) mass is 251 g/mol. The zero-order valence-corrected chi connectivity index (χ0v) is 10.0. The summed E-state index contributed by atoms with van der Waals surface area (Å²) >= 11 is 12.0. The van der Waals surface area contributed by atoms with Crippen LogP contribution in [0, 0.1) is 0 Å². The molecule has 3 heteroatoms. The number of nitrogens with two attached hydrogens (primary N) is 1. The second kappa shape index (κ2) is 4.88. The third-order valence-electron chi connectivity index (χ3n) is 2.45. The summed E-state index contributed by atoms with van der Waals surface area (Å²) in [6, 6.07) is 14.9. The Bertz CT molecular complexity index is 483. The Morgan fingerprint density at radius 1 is 0.938 bits per heavy atom. The van der Waals surface area contributed by atoms with Gasteiger partial charge in [-0.05, 0) is 29.3 Å². The highest BCUT2D eigenvalue weighted by Gasteiger charge is 2.12. The van der Waals surface area contributed by atoms with E-state index in [-0.39, 0.29) is 6.04 Å². The van der Waals surface area contributed by atoms with Crippen molar-refractivity contribution >= 4 is 23.2 Å². The summed E-state index contributed by atoms with van der Waals surface area (Å²) in [7, 11) is 0. The molecule has 16 heavy (non-hydrogen) atoms. The minimum atomic E-state index is -0.243. The summed E-state index contributed by atoms with van der Waals surface area (Å²) in [5, 5.41) is 1.28. The molecule has 2 N–H and O–H groups in total. The molecule has 2 rings (SSSR count). The first kappa shape index (κ1) is 11.5. The molecular formula is C13H11Cl2N. The fraction of sp³-hybridized carbons (Fsp3) is 0.0769. The van der Waals surface area contributed by atoms with Gasteiger partial charge in [0.15, 0.2) is 0 Å². The fourth-order valence-electron chi connectivity index (χ4n) is 1.59. The van der Waals surface area contributed by atoms with Gasteiger partial charge in [-0.25, -0.2) is 0 Å². The maximum absolute atomic E-state index is 6.14. The van der Waals surface area contributed by atoms with E-state index in [1.165, 1.54) is 0 Å². The van der Waals surface area contributed by atoms with Crippen molar-refractivity contribution in [3.63, 3.8) is 0 Å². The number of hydrogen-bond donors (Lipinski definition) is 1. The SMILES string of the molecule is N[C@H](c1ccccc1)c1cc(Cl)ccc1Cl. The molecule has 0 aliphatic rings. The predicted molar refractivity (Wildman–Crippen MR) is 68.9 cm³/mol. The highest BCUT2D eigenvalue weighted by molar-refractivity contribution is 6.33. The lowest BCUT2D eigenvalue weighted by atomic mass is 10.00. The minimum absolute atomic E-state index is 0.243. The van der Waals surface area contributed by atoms with Gasteiger partial charge in [0.1, 0.15) is 0 Å². The maximum atomic E-state index is 6.14. The van der Waals surface area contributed by atoms with E-state index in [1.54, 1.807) is 12.1 Å². The van der Waals surface area contributed by atoms with Gasteiger partial charge in [0.05, 0.1) is 6.04 Å². The lowest BCUT2D eigenvalue weighted by Gasteiger charge is -2.14. The second-order valence-corrected chi connectivity index (χ2v) is 4.40. The van der Waals surface area contributed by atoms with E-state index in [1.807, 2.05) is 36.4 Å². The second-order valence-electron chi connectivity index (χ2n) is 3.55. The Hall–Kier alpha value is -1.02. The van der Waals surface area contributed by atoms with Gasteiger partial charge in [0.25, 0.3) is 0 Å². The van der Waals surface area contributed by atoms with E-state index in [0.717, 1.165) is 11.1 Å². The Morgan fingerprint density at radius 2 is 1.62 bits per heavy atom. The van der Waals surface area contributed by atoms with Crippen molar-refractivity contribution in [2.45, 2.75) is 6.04 Å². The first-order valence-corrected chi connectivity index (χ1v) is 5.69. The van der Waals surface area contributed by atoms with Crippen LogP contribution in [0.1, 0.15) is 17.2 Å². The van der Waals surface area contributed by atoms with Crippen LogP contribution in [0.4, 0.5) is 0 Å². The van der Waals surface area contributed by atoms with Crippen molar-refractivity contribution in [2.75, 3.05) is 0 Å². The largest absolute Gasteiger partial charge is 0.320 e. The number of halogens is 2. The molecule has 0 amide bonds. The summed E-state index contributed by atoms with van der Waals surface area (Å²) in [6.07, 6.45) is 0. The maximum Gasteiger partial charge on any atom is 0.0566 e. The first-order valence-electron chi connectivity index (χ1n) is 4.94. The normalized spacial score (nSPS) is 12.4. The van der Waals surface area contributed by atoms with E-state index in [9.17, 15) is 0 Å². The highest BCUT2D eigenvalue weighted by atomic mass is 35.5. The molecule has 0 saturated heterocycles. The van der Waals surface area contributed by atoms with Gasteiger partial charge in [-0.3, -0.25) is 0 Å². The van der Waals surface area contributed by atoms with Crippen molar-refractivity contribution in [3.8, 4) is 0 Å². The smallest absolute Gasteiger partial charge is 0.0566 e. The topological polar surface area (TPSA) is 26.0 Å². The van der Waals surface area contributed by atoms with Crippen LogP contribution in [0.3, 0.4) is 0 Å². The number of rotatable bonds is 2. The van der Waals surface area contributed by atoms with Crippen molar-refractivity contribution in [1.29, 1.82) is 0 Å². The molecule has 0 spiro atoms. The van der Waals surface area contributed by atoms with Crippen molar-refractivity contribution in [3.05, 3.63) is 69.7 Å². The van der Waals surface area contributed by atoms with Crippen LogP contribution in [0.15, 0.2) is 48.5 Å². The lowest BCUT2D eigenvalue weighted by Crippen LogP contribution is -2.12. The molecule has 1 atom stereocenters. The van der Waals surface area contributed by atoms with Gasteiger partial charge in [0.2, 0.25) is 0 Å². The van der Waals surface area contributed by atoms with Crippen LogP contribution in [-0.2, 0) is 0 Å². The van der Waals surface area contributed by atoms with Gasteiger partial charge in [-0.15, -0.1) is 0 Å². The number of benzene rings is 2. The summed E-state index contributed by atoms with van der Waals surface area (Å²) in [6.45, 7) is 0. The Kier molecular flexibility index (Phi) is 3.49. The van der Waals surface area contributed by atoms with E-state index in [2.05, 4.69) is 0 Å². The molecular weight excluding hydrogens is 241 g/mol. The zero-order chi connectivity index (χ0) is 11.5. The van der Waals surface area contributed by atoms with Crippen LogP contribution < -0.4 is 5.73 Å². The lowest BCUT2D eigenvalue weighted by molar-refractivity contribution is 0.872. The average molecular weight is 252 g/mol. The minimum Gasteiger partial charge on any atom is -0.320 e. The molecule has 0 bridgehead atoms. The molecule has 2 aromatic rings. The van der Waals surface area contributed by atoms with Crippen molar-refractivity contribution in [2.24, 2.45) is 5.73 Å². The van der Waals surface area contributed by atoms with E-state index < -0.39 is 0 Å². The zero-order valence-electron chi connectivity index (χ0n) is 8.53. The molecule has 82 valence electrons. The van der Waals surface area contributed by atoms with E-state index in [0.29, 0.717) is 10.0 Å². The van der Waals surface area contributed by atoms with Crippen LogP contribution >= 0.6 is 23.2 Å². The van der Waals surface area contributed by atoms with E-state index in [4.69, 9.17) is 28.9 Å². The average Bonchev–Trinajstić information content (AvgIpc) is 2.32. The van der Waals surface area contributed by atoms with Crippen molar-refractivity contribution in [1.82, 2.24) is 0 Å². The molecule has 0 radical (unpaired) electrons. The third-order valence-corrected chi connectivity index (χ3v) is 3.03.